The Morgan fingerprint density at radius 3 is 2.47 bits per heavy atom. The number of carbonyl (C=O) groups is 1. The molecule has 1 amide bonds. The summed E-state index contributed by atoms with van der Waals surface area (Å²) in [5.74, 6) is 0.542. The number of benzene rings is 1. The minimum absolute atomic E-state index is 0.280. The van der Waals surface area contributed by atoms with Crippen molar-refractivity contribution in [2.75, 3.05) is 31.1 Å². The van der Waals surface area contributed by atoms with Crippen molar-refractivity contribution >= 4 is 22.8 Å². The van der Waals surface area contributed by atoms with Crippen LogP contribution in [0.1, 0.15) is 20.8 Å². The Labute approximate surface area is 175 Å². The van der Waals surface area contributed by atoms with Crippen LogP contribution in [0.25, 0.3) is 22.0 Å². The largest absolute Gasteiger partial charge is 0.444 e. The fourth-order valence-corrected chi connectivity index (χ4v) is 3.55. The molecule has 0 atom stereocenters. The number of halogens is 1. The van der Waals surface area contributed by atoms with Crippen molar-refractivity contribution in [3.8, 4) is 11.1 Å². The highest BCUT2D eigenvalue weighted by Gasteiger charge is 2.26. The molecule has 1 saturated heterocycles. The number of fused-ring (bicyclic) bond motifs is 1. The lowest BCUT2D eigenvalue weighted by Gasteiger charge is -2.36. The van der Waals surface area contributed by atoms with Gasteiger partial charge in [-0.15, -0.1) is 0 Å². The number of pyridine rings is 1. The number of ether oxygens (including phenoxy) is 1. The smallest absolute Gasteiger partial charge is 0.410 e. The van der Waals surface area contributed by atoms with E-state index < -0.39 is 5.60 Å². The number of anilines is 1. The number of nitrogens with zero attached hydrogens (tertiary/aromatic N) is 5. The third kappa shape index (κ3) is 4.22. The molecule has 8 heteroatoms. The van der Waals surface area contributed by atoms with Gasteiger partial charge >= 0.3 is 6.09 Å². The van der Waals surface area contributed by atoms with Crippen LogP contribution >= 0.6 is 0 Å². The van der Waals surface area contributed by atoms with Gasteiger partial charge in [-0.3, -0.25) is 4.68 Å². The maximum absolute atomic E-state index is 14.4. The molecule has 1 aliphatic rings. The van der Waals surface area contributed by atoms with Crippen LogP contribution in [0.5, 0.6) is 0 Å². The number of hydrogen-bond acceptors (Lipinski definition) is 5. The van der Waals surface area contributed by atoms with Crippen LogP contribution in [0.15, 0.2) is 36.7 Å². The van der Waals surface area contributed by atoms with E-state index in [1.165, 1.54) is 6.07 Å². The Morgan fingerprint density at radius 2 is 1.83 bits per heavy atom. The molecule has 0 radical (unpaired) electrons. The minimum atomic E-state index is -0.497. The van der Waals surface area contributed by atoms with Gasteiger partial charge in [0.25, 0.3) is 0 Å². The summed E-state index contributed by atoms with van der Waals surface area (Å²) in [6.45, 7) is 8.12. The SMILES string of the molecule is Cn1cc2c(F)cc(-c3ccc(N4CCN(C(=O)OC(C)(C)C)CC4)nc3)cc2n1. The highest BCUT2D eigenvalue weighted by Crippen LogP contribution is 2.27. The van der Waals surface area contributed by atoms with Crippen LogP contribution in [0, 0.1) is 5.82 Å². The molecular weight excluding hydrogens is 385 g/mol. The lowest BCUT2D eigenvalue weighted by molar-refractivity contribution is 0.0240. The van der Waals surface area contributed by atoms with Crippen LogP contribution in [0.3, 0.4) is 0 Å². The number of aromatic nitrogens is 3. The second-order valence-electron chi connectivity index (χ2n) is 8.55. The van der Waals surface area contributed by atoms with Crippen molar-refractivity contribution in [3.63, 3.8) is 0 Å². The van der Waals surface area contributed by atoms with Gasteiger partial charge in [-0.2, -0.15) is 5.10 Å². The van der Waals surface area contributed by atoms with Crippen LogP contribution in [0.2, 0.25) is 0 Å². The number of aryl methyl sites for hydroxylation is 1. The van der Waals surface area contributed by atoms with Crippen LogP contribution in [0.4, 0.5) is 15.0 Å². The molecule has 1 fully saturated rings. The summed E-state index contributed by atoms with van der Waals surface area (Å²) in [6, 6.07) is 7.25. The number of hydrogen-bond donors (Lipinski definition) is 0. The molecule has 2 aromatic heterocycles. The summed E-state index contributed by atoms with van der Waals surface area (Å²) in [5.41, 5.74) is 1.70. The summed E-state index contributed by atoms with van der Waals surface area (Å²) >= 11 is 0. The Kier molecular flexibility index (Phi) is 5.09. The molecule has 1 aromatic carbocycles. The topological polar surface area (TPSA) is 63.5 Å². The van der Waals surface area contributed by atoms with Crippen molar-refractivity contribution < 1.29 is 13.9 Å². The molecular formula is C22H26FN5O2. The zero-order chi connectivity index (χ0) is 21.5. The molecule has 0 N–H and O–H groups in total. The standard InChI is InChI=1S/C22H26FN5O2/c1-22(2,3)30-21(29)28-9-7-27(8-10-28)20-6-5-15(13-24-20)16-11-18(23)17-14-26(4)25-19(17)12-16/h5-6,11-14H,7-10H2,1-4H3. The van der Waals surface area contributed by atoms with Crippen LogP contribution in [-0.4, -0.2) is 57.5 Å². The summed E-state index contributed by atoms with van der Waals surface area (Å²) in [6.07, 6.45) is 3.14. The van der Waals surface area contributed by atoms with Gasteiger partial charge in [0.05, 0.1) is 10.9 Å². The molecule has 30 heavy (non-hydrogen) atoms. The van der Waals surface area contributed by atoms with E-state index in [1.54, 1.807) is 29.0 Å². The predicted octanol–water partition coefficient (Wildman–Crippen LogP) is 3.83. The maximum atomic E-state index is 14.4. The number of rotatable bonds is 2. The van der Waals surface area contributed by atoms with Gasteiger partial charge in [0.1, 0.15) is 17.2 Å². The average molecular weight is 411 g/mol. The molecule has 0 aliphatic carbocycles. The maximum Gasteiger partial charge on any atom is 0.410 e. The van der Waals surface area contributed by atoms with E-state index in [0.717, 1.165) is 16.9 Å². The second-order valence-corrected chi connectivity index (χ2v) is 8.55. The number of carbonyl (C=O) groups excluding carboxylic acids is 1. The van der Waals surface area contributed by atoms with Gasteiger partial charge in [0.2, 0.25) is 0 Å². The fourth-order valence-electron chi connectivity index (χ4n) is 3.55. The van der Waals surface area contributed by atoms with Crippen molar-refractivity contribution in [1.29, 1.82) is 0 Å². The van der Waals surface area contributed by atoms with Gasteiger partial charge in [-0.05, 0) is 50.6 Å². The first-order valence-corrected chi connectivity index (χ1v) is 10.0. The zero-order valence-electron chi connectivity index (χ0n) is 17.7. The monoisotopic (exact) mass is 411 g/mol. The highest BCUT2D eigenvalue weighted by atomic mass is 19.1. The molecule has 158 valence electrons. The van der Waals surface area contributed by atoms with Gasteiger partial charge in [0.15, 0.2) is 0 Å². The molecule has 0 saturated carbocycles. The Bertz CT molecular complexity index is 1060. The minimum Gasteiger partial charge on any atom is -0.444 e. The van der Waals surface area contributed by atoms with E-state index in [9.17, 15) is 9.18 Å². The van der Waals surface area contributed by atoms with E-state index >= 15 is 0 Å². The zero-order valence-corrected chi connectivity index (χ0v) is 17.7. The van der Waals surface area contributed by atoms with Crippen LogP contribution in [-0.2, 0) is 11.8 Å². The quantitative estimate of drug-likeness (QED) is 0.641. The van der Waals surface area contributed by atoms with Gasteiger partial charge in [-0.25, -0.2) is 14.2 Å². The lowest BCUT2D eigenvalue weighted by Crippen LogP contribution is -2.50. The Morgan fingerprint density at radius 1 is 1.10 bits per heavy atom. The third-order valence-corrected chi connectivity index (χ3v) is 5.03. The fraction of sp³-hybridized carbons (Fsp3) is 0.409. The van der Waals surface area contributed by atoms with Crippen molar-refractivity contribution in [1.82, 2.24) is 19.7 Å². The molecule has 0 bridgehead atoms. The average Bonchev–Trinajstić information content (AvgIpc) is 3.08. The number of amides is 1. The van der Waals surface area contributed by atoms with Crippen molar-refractivity contribution in [2.24, 2.45) is 7.05 Å². The van der Waals surface area contributed by atoms with Gasteiger partial charge in [0, 0.05) is 51.2 Å². The van der Waals surface area contributed by atoms with E-state index in [1.807, 2.05) is 39.0 Å². The van der Waals surface area contributed by atoms with Crippen LogP contribution < -0.4 is 4.90 Å². The molecule has 3 heterocycles. The highest BCUT2D eigenvalue weighted by molar-refractivity contribution is 5.84. The normalized spacial score (nSPS) is 15.0. The van der Waals surface area contributed by atoms with Crippen molar-refractivity contribution in [3.05, 3.63) is 42.5 Å². The second kappa shape index (κ2) is 7.59. The molecule has 0 spiro atoms. The van der Waals surface area contributed by atoms with E-state index in [2.05, 4.69) is 15.0 Å². The Balaban J connectivity index is 1.44. The Hall–Kier alpha value is -3.16. The van der Waals surface area contributed by atoms with Crippen molar-refractivity contribution in [2.45, 2.75) is 26.4 Å². The number of piperazine rings is 1. The third-order valence-electron chi connectivity index (χ3n) is 5.03. The summed E-state index contributed by atoms with van der Waals surface area (Å²) < 4.78 is 21.4. The van der Waals surface area contributed by atoms with E-state index in [0.29, 0.717) is 37.1 Å². The van der Waals surface area contributed by atoms with Gasteiger partial charge < -0.3 is 14.5 Å². The molecule has 7 nitrogen and oxygen atoms in total. The molecule has 3 aromatic rings. The summed E-state index contributed by atoms with van der Waals surface area (Å²) in [7, 11) is 1.78. The molecule has 4 rings (SSSR count). The van der Waals surface area contributed by atoms with E-state index in [-0.39, 0.29) is 11.9 Å². The lowest BCUT2D eigenvalue weighted by atomic mass is 10.1. The summed E-state index contributed by atoms with van der Waals surface area (Å²) in [5, 5.41) is 4.81. The first-order valence-electron chi connectivity index (χ1n) is 10.0. The molecule has 0 unspecified atom stereocenters. The molecule has 1 aliphatic heterocycles. The summed E-state index contributed by atoms with van der Waals surface area (Å²) in [4.78, 5) is 20.6. The van der Waals surface area contributed by atoms with Gasteiger partial charge in [-0.1, -0.05) is 0 Å². The van der Waals surface area contributed by atoms with E-state index in [4.69, 9.17) is 4.74 Å². The first kappa shape index (κ1) is 20.1. The first-order chi connectivity index (χ1) is 14.2. The predicted molar refractivity (Wildman–Crippen MR) is 114 cm³/mol.